The smallest absolute Gasteiger partial charge is 0.124 e. The summed E-state index contributed by atoms with van der Waals surface area (Å²) >= 11 is 0. The van der Waals surface area contributed by atoms with Gasteiger partial charge in [0.2, 0.25) is 0 Å². The number of rotatable bonds is 1. The molecule has 2 aliphatic rings. The summed E-state index contributed by atoms with van der Waals surface area (Å²) in [7, 11) is 0. The first-order chi connectivity index (χ1) is 6.42. The third kappa shape index (κ3) is 0.923. The van der Waals surface area contributed by atoms with E-state index in [1.165, 1.54) is 44.5 Å². The second-order valence-electron chi connectivity index (χ2n) is 4.20. The van der Waals surface area contributed by atoms with Crippen molar-refractivity contribution in [2.45, 2.75) is 31.2 Å². The molecule has 0 amide bonds. The molecule has 3 heterocycles. The minimum absolute atomic E-state index is 0.295. The molecule has 2 nitrogen and oxygen atoms in total. The summed E-state index contributed by atoms with van der Waals surface area (Å²) in [4.78, 5) is 2.60. The minimum atomic E-state index is 0.295. The van der Waals surface area contributed by atoms with Crippen LogP contribution in [0.25, 0.3) is 0 Å². The summed E-state index contributed by atoms with van der Waals surface area (Å²) < 4.78 is 5.58. The number of furan rings is 1. The van der Waals surface area contributed by atoms with Crippen molar-refractivity contribution < 1.29 is 4.42 Å². The molecule has 0 N–H and O–H groups in total. The molecule has 0 bridgehead atoms. The van der Waals surface area contributed by atoms with Crippen LogP contribution in [0.15, 0.2) is 22.8 Å². The van der Waals surface area contributed by atoms with Crippen molar-refractivity contribution >= 4 is 0 Å². The molecule has 0 aliphatic carbocycles. The Morgan fingerprint density at radius 2 is 2.00 bits per heavy atom. The van der Waals surface area contributed by atoms with Gasteiger partial charge < -0.3 is 4.42 Å². The van der Waals surface area contributed by atoms with Gasteiger partial charge in [0.15, 0.2) is 0 Å². The molecule has 2 heteroatoms. The van der Waals surface area contributed by atoms with E-state index < -0.39 is 0 Å². The summed E-state index contributed by atoms with van der Waals surface area (Å²) in [5.74, 6) is 1.20. The molecule has 3 rings (SSSR count). The third-order valence-corrected chi connectivity index (χ3v) is 3.62. The first kappa shape index (κ1) is 7.63. The maximum Gasteiger partial charge on any atom is 0.124 e. The Hall–Kier alpha value is -0.760. The van der Waals surface area contributed by atoms with E-state index in [0.717, 1.165) is 0 Å². The lowest BCUT2D eigenvalue weighted by molar-refractivity contribution is 0.163. The molecule has 70 valence electrons. The Labute approximate surface area is 78.5 Å². The number of nitrogens with zero attached hydrogens (tertiary/aromatic N) is 1. The highest BCUT2D eigenvalue weighted by Gasteiger charge is 2.47. The maximum atomic E-state index is 5.58. The zero-order valence-corrected chi connectivity index (χ0v) is 7.83. The molecule has 0 aromatic carbocycles. The van der Waals surface area contributed by atoms with Crippen LogP contribution in [0.4, 0.5) is 0 Å². The van der Waals surface area contributed by atoms with Gasteiger partial charge in [0.05, 0.1) is 11.8 Å². The summed E-state index contributed by atoms with van der Waals surface area (Å²) in [6.07, 6.45) is 7.06. The molecule has 0 atom stereocenters. The predicted octanol–water partition coefficient (Wildman–Crippen LogP) is 2.36. The predicted molar refractivity (Wildman–Crippen MR) is 50.4 cm³/mol. The summed E-state index contributed by atoms with van der Waals surface area (Å²) in [5, 5.41) is 0. The minimum Gasteiger partial charge on any atom is -0.467 e. The van der Waals surface area contributed by atoms with Gasteiger partial charge in [0.1, 0.15) is 5.76 Å². The molecule has 1 aromatic heterocycles. The standard InChI is InChI=1S/C11H15NO/c1-4-10(13-9-1)11-5-2-7-12(11)8-3-6-11/h1,4,9H,2-3,5-8H2. The van der Waals surface area contributed by atoms with Gasteiger partial charge in [-0.1, -0.05) is 0 Å². The Balaban J connectivity index is 2.03. The van der Waals surface area contributed by atoms with Gasteiger partial charge in [-0.2, -0.15) is 0 Å². The Bertz CT molecular complexity index is 281. The van der Waals surface area contributed by atoms with Gasteiger partial charge in [-0.15, -0.1) is 0 Å². The van der Waals surface area contributed by atoms with E-state index in [9.17, 15) is 0 Å². The SMILES string of the molecule is c1coc(C23CCCN2CCC3)c1. The molecule has 0 radical (unpaired) electrons. The van der Waals surface area contributed by atoms with Crippen molar-refractivity contribution in [1.29, 1.82) is 0 Å². The van der Waals surface area contributed by atoms with Crippen molar-refractivity contribution in [3.63, 3.8) is 0 Å². The fourth-order valence-electron chi connectivity index (χ4n) is 3.05. The topological polar surface area (TPSA) is 16.4 Å². The van der Waals surface area contributed by atoms with E-state index in [1.54, 1.807) is 6.26 Å². The molecule has 0 saturated carbocycles. The van der Waals surface area contributed by atoms with E-state index in [-0.39, 0.29) is 0 Å². The van der Waals surface area contributed by atoms with Crippen molar-refractivity contribution in [3.05, 3.63) is 24.2 Å². The Morgan fingerprint density at radius 3 is 2.62 bits per heavy atom. The summed E-state index contributed by atoms with van der Waals surface area (Å²) in [6.45, 7) is 2.53. The highest BCUT2D eigenvalue weighted by molar-refractivity contribution is 5.17. The molecule has 2 fully saturated rings. The number of fused-ring (bicyclic) bond motifs is 1. The average molecular weight is 177 g/mol. The fourth-order valence-corrected chi connectivity index (χ4v) is 3.05. The zero-order valence-electron chi connectivity index (χ0n) is 7.83. The molecule has 13 heavy (non-hydrogen) atoms. The van der Waals surface area contributed by atoms with Crippen LogP contribution in [0.1, 0.15) is 31.4 Å². The maximum absolute atomic E-state index is 5.58. The van der Waals surface area contributed by atoms with Crippen LogP contribution < -0.4 is 0 Å². The van der Waals surface area contributed by atoms with Gasteiger partial charge in [0.25, 0.3) is 0 Å². The van der Waals surface area contributed by atoms with E-state index >= 15 is 0 Å². The molecule has 2 aliphatic heterocycles. The quantitative estimate of drug-likeness (QED) is 0.654. The van der Waals surface area contributed by atoms with Gasteiger partial charge >= 0.3 is 0 Å². The zero-order chi connectivity index (χ0) is 8.73. The van der Waals surface area contributed by atoms with Gasteiger partial charge in [0, 0.05) is 0 Å². The molecular weight excluding hydrogens is 162 g/mol. The third-order valence-electron chi connectivity index (χ3n) is 3.62. The second-order valence-corrected chi connectivity index (χ2v) is 4.20. The normalized spacial score (nSPS) is 26.5. The number of hydrogen-bond acceptors (Lipinski definition) is 2. The van der Waals surface area contributed by atoms with E-state index in [4.69, 9.17) is 4.42 Å². The highest BCUT2D eigenvalue weighted by Crippen LogP contribution is 2.46. The van der Waals surface area contributed by atoms with Gasteiger partial charge in [-0.3, -0.25) is 4.90 Å². The van der Waals surface area contributed by atoms with E-state index in [0.29, 0.717) is 5.54 Å². The molecule has 1 aromatic rings. The second kappa shape index (κ2) is 2.61. The Morgan fingerprint density at radius 1 is 1.23 bits per heavy atom. The van der Waals surface area contributed by atoms with Crippen LogP contribution in [0, 0.1) is 0 Å². The van der Waals surface area contributed by atoms with E-state index in [2.05, 4.69) is 11.0 Å². The van der Waals surface area contributed by atoms with Crippen molar-refractivity contribution in [1.82, 2.24) is 4.90 Å². The Kier molecular flexibility index (Phi) is 1.53. The lowest BCUT2D eigenvalue weighted by Gasteiger charge is -2.29. The van der Waals surface area contributed by atoms with Crippen LogP contribution in [-0.2, 0) is 5.54 Å². The van der Waals surface area contributed by atoms with Gasteiger partial charge in [-0.05, 0) is 50.9 Å². The lowest BCUT2D eigenvalue weighted by atomic mass is 9.91. The number of hydrogen-bond donors (Lipinski definition) is 0. The van der Waals surface area contributed by atoms with E-state index in [1.807, 2.05) is 6.07 Å². The molecule has 0 unspecified atom stereocenters. The monoisotopic (exact) mass is 177 g/mol. The molecular formula is C11H15NO. The molecule has 0 spiro atoms. The van der Waals surface area contributed by atoms with Gasteiger partial charge in [-0.25, -0.2) is 0 Å². The summed E-state index contributed by atoms with van der Waals surface area (Å²) in [5.41, 5.74) is 0.295. The van der Waals surface area contributed by atoms with Crippen LogP contribution >= 0.6 is 0 Å². The van der Waals surface area contributed by atoms with Crippen LogP contribution in [-0.4, -0.2) is 18.0 Å². The lowest BCUT2D eigenvalue weighted by Crippen LogP contribution is -2.34. The molecule has 2 saturated heterocycles. The van der Waals surface area contributed by atoms with Crippen LogP contribution in [0.5, 0.6) is 0 Å². The largest absolute Gasteiger partial charge is 0.467 e. The van der Waals surface area contributed by atoms with Crippen LogP contribution in [0.2, 0.25) is 0 Å². The highest BCUT2D eigenvalue weighted by atomic mass is 16.3. The van der Waals surface area contributed by atoms with Crippen molar-refractivity contribution in [3.8, 4) is 0 Å². The fraction of sp³-hybridized carbons (Fsp3) is 0.636. The van der Waals surface area contributed by atoms with Crippen LogP contribution in [0.3, 0.4) is 0 Å². The average Bonchev–Trinajstić information content (AvgIpc) is 2.79. The van der Waals surface area contributed by atoms with Crippen molar-refractivity contribution in [2.75, 3.05) is 13.1 Å². The van der Waals surface area contributed by atoms with Crippen molar-refractivity contribution in [2.24, 2.45) is 0 Å². The summed E-state index contributed by atoms with van der Waals surface area (Å²) in [6, 6.07) is 4.16. The first-order valence-corrected chi connectivity index (χ1v) is 5.21. The first-order valence-electron chi connectivity index (χ1n) is 5.21.